The Bertz CT molecular complexity index is 1580. The molecular formula is C30H30N4O5. The zero-order chi connectivity index (χ0) is 28.0. The van der Waals surface area contributed by atoms with E-state index in [-0.39, 0.29) is 34.6 Å². The number of anilines is 1. The van der Waals surface area contributed by atoms with Crippen molar-refractivity contribution in [1.29, 1.82) is 5.26 Å². The lowest BCUT2D eigenvalue weighted by atomic mass is 9.81. The highest BCUT2D eigenvalue weighted by atomic mass is 16.5. The molecule has 0 bridgehead atoms. The van der Waals surface area contributed by atoms with E-state index in [9.17, 15) is 14.9 Å². The van der Waals surface area contributed by atoms with Gasteiger partial charge in [0.15, 0.2) is 0 Å². The van der Waals surface area contributed by atoms with Crippen molar-refractivity contribution < 1.29 is 23.5 Å². The molecule has 9 nitrogen and oxygen atoms in total. The number of furan rings is 1. The van der Waals surface area contributed by atoms with Gasteiger partial charge in [0, 0.05) is 35.1 Å². The van der Waals surface area contributed by atoms with E-state index in [1.54, 1.807) is 30.3 Å². The summed E-state index contributed by atoms with van der Waals surface area (Å²) in [6, 6.07) is 16.7. The van der Waals surface area contributed by atoms with Crippen LogP contribution in [0.5, 0.6) is 0 Å². The van der Waals surface area contributed by atoms with Gasteiger partial charge < -0.3 is 19.6 Å². The van der Waals surface area contributed by atoms with Gasteiger partial charge in [-0.05, 0) is 37.7 Å². The minimum absolute atomic E-state index is 0.0228. The Morgan fingerprint density at radius 1 is 1.08 bits per heavy atom. The van der Waals surface area contributed by atoms with Crippen molar-refractivity contribution in [2.24, 2.45) is 5.73 Å². The minimum Gasteiger partial charge on any atom is -0.466 e. The van der Waals surface area contributed by atoms with Gasteiger partial charge in [-0.15, -0.1) is 0 Å². The number of methoxy groups -OCH3 is 2. The molecule has 39 heavy (non-hydrogen) atoms. The molecule has 0 saturated heterocycles. The lowest BCUT2D eigenvalue weighted by Crippen LogP contribution is -2.40. The fraction of sp³-hybridized carbons (Fsp3) is 0.300. The minimum atomic E-state index is -0.922. The average molecular weight is 527 g/mol. The van der Waals surface area contributed by atoms with Crippen molar-refractivity contribution in [3.05, 3.63) is 88.1 Å². The molecule has 3 unspecified atom stereocenters. The third-order valence-corrected chi connectivity index (χ3v) is 7.70. The predicted molar refractivity (Wildman–Crippen MR) is 145 cm³/mol. The summed E-state index contributed by atoms with van der Waals surface area (Å²) in [7, 11) is 4.53. The fourth-order valence-electron chi connectivity index (χ4n) is 5.73. The number of esters is 2. The highest BCUT2D eigenvalue weighted by Crippen LogP contribution is 2.46. The molecule has 2 N–H and O–H groups in total. The first-order valence-electron chi connectivity index (χ1n) is 12.7. The third-order valence-electron chi connectivity index (χ3n) is 7.70. The van der Waals surface area contributed by atoms with Crippen LogP contribution in [0.25, 0.3) is 11.0 Å². The van der Waals surface area contributed by atoms with Gasteiger partial charge in [-0.3, -0.25) is 9.80 Å². The van der Waals surface area contributed by atoms with Crippen LogP contribution in [0, 0.1) is 11.3 Å². The smallest absolute Gasteiger partial charge is 0.355 e. The van der Waals surface area contributed by atoms with E-state index in [1.807, 2.05) is 18.2 Å². The quantitative estimate of drug-likeness (QED) is 0.492. The Morgan fingerprint density at radius 3 is 2.41 bits per heavy atom. The van der Waals surface area contributed by atoms with E-state index in [1.165, 1.54) is 19.1 Å². The highest BCUT2D eigenvalue weighted by molar-refractivity contribution is 6.06. The van der Waals surface area contributed by atoms with Gasteiger partial charge in [-0.25, -0.2) is 9.59 Å². The first-order chi connectivity index (χ1) is 18.7. The number of nitrogens with two attached hydrogens (primary N) is 1. The summed E-state index contributed by atoms with van der Waals surface area (Å²) in [6.45, 7) is 5.11. The normalized spacial score (nSPS) is 21.5. The lowest BCUT2D eigenvalue weighted by molar-refractivity contribution is -0.139. The molecular weight excluding hydrogens is 496 g/mol. The third kappa shape index (κ3) is 4.04. The zero-order valence-corrected chi connectivity index (χ0v) is 22.5. The van der Waals surface area contributed by atoms with Gasteiger partial charge in [0.2, 0.25) is 0 Å². The Labute approximate surface area is 226 Å². The number of carbonyl (C=O) groups excluding carboxylic acids is 2. The van der Waals surface area contributed by atoms with Crippen LogP contribution in [-0.2, 0) is 19.1 Å². The number of rotatable bonds is 4. The standard InChI is InChI=1S/C30H30N4O5/c1-16-15-33(3)17(2)23-20-13-19(11-12-22(20)39-27(16)23)34-26(30(36)38-5)25(29(35)37-4)24(21(14-31)28(34)32)18-9-7-6-8-10-18/h6-13,16-17,24H,15,32H2,1-5H3. The molecule has 2 aliphatic heterocycles. The number of carbonyl (C=O) groups is 2. The number of nitrogens with zero attached hydrogens (tertiary/aromatic N) is 3. The number of benzene rings is 2. The van der Waals surface area contributed by atoms with Gasteiger partial charge in [0.25, 0.3) is 0 Å². The van der Waals surface area contributed by atoms with Crippen LogP contribution in [0.4, 0.5) is 5.69 Å². The molecule has 3 aromatic rings. The van der Waals surface area contributed by atoms with E-state index < -0.39 is 17.9 Å². The Hall–Kier alpha value is -4.55. The maximum atomic E-state index is 13.4. The second-order valence-electron chi connectivity index (χ2n) is 9.91. The Kier molecular flexibility index (Phi) is 6.66. The van der Waals surface area contributed by atoms with E-state index in [0.717, 1.165) is 23.3 Å². The zero-order valence-electron chi connectivity index (χ0n) is 22.5. The summed E-state index contributed by atoms with van der Waals surface area (Å²) < 4.78 is 16.5. The molecule has 0 radical (unpaired) electrons. The molecule has 5 rings (SSSR count). The van der Waals surface area contributed by atoms with E-state index in [0.29, 0.717) is 16.8 Å². The second-order valence-corrected chi connectivity index (χ2v) is 9.91. The van der Waals surface area contributed by atoms with Crippen molar-refractivity contribution in [1.82, 2.24) is 4.90 Å². The van der Waals surface area contributed by atoms with Gasteiger partial charge in [0.05, 0.1) is 37.4 Å². The van der Waals surface area contributed by atoms with Crippen molar-refractivity contribution in [2.75, 3.05) is 32.7 Å². The van der Waals surface area contributed by atoms with Crippen LogP contribution < -0.4 is 10.6 Å². The predicted octanol–water partition coefficient (Wildman–Crippen LogP) is 4.44. The molecule has 0 fully saturated rings. The average Bonchev–Trinajstić information content (AvgIpc) is 3.34. The number of likely N-dealkylation sites (N-methyl/N-ethyl adjacent to an activating group) is 1. The number of hydrogen-bond donors (Lipinski definition) is 1. The van der Waals surface area contributed by atoms with E-state index in [2.05, 4.69) is 31.9 Å². The second kappa shape index (κ2) is 9.97. The first-order valence-corrected chi connectivity index (χ1v) is 12.7. The van der Waals surface area contributed by atoms with Gasteiger partial charge in [0.1, 0.15) is 22.9 Å². The van der Waals surface area contributed by atoms with Crippen molar-refractivity contribution >= 4 is 28.6 Å². The monoisotopic (exact) mass is 526 g/mol. The van der Waals surface area contributed by atoms with E-state index >= 15 is 0 Å². The molecule has 9 heteroatoms. The highest BCUT2D eigenvalue weighted by Gasteiger charge is 2.43. The maximum absolute atomic E-state index is 13.4. The number of allylic oxidation sites excluding steroid dienone is 1. The number of nitriles is 1. The molecule has 0 spiro atoms. The van der Waals surface area contributed by atoms with Crippen LogP contribution >= 0.6 is 0 Å². The van der Waals surface area contributed by atoms with Crippen molar-refractivity contribution in [2.45, 2.75) is 31.7 Å². The molecule has 3 atom stereocenters. The lowest BCUT2D eigenvalue weighted by Gasteiger charge is -2.36. The SMILES string of the molecule is COC(=O)C1=C(C(=O)OC)N(c2ccc3oc4c(c3c2)C(C)N(C)CC4C)C(N)=C(C#N)C1c1ccccc1. The van der Waals surface area contributed by atoms with Crippen molar-refractivity contribution in [3.63, 3.8) is 0 Å². The Morgan fingerprint density at radius 2 is 1.77 bits per heavy atom. The van der Waals surface area contributed by atoms with Gasteiger partial charge in [-0.1, -0.05) is 37.3 Å². The summed E-state index contributed by atoms with van der Waals surface area (Å²) in [6.07, 6.45) is 0. The van der Waals surface area contributed by atoms with Crippen LogP contribution in [0.2, 0.25) is 0 Å². The van der Waals surface area contributed by atoms with Crippen LogP contribution in [0.3, 0.4) is 0 Å². The summed E-state index contributed by atoms with van der Waals surface area (Å²) >= 11 is 0. The topological polar surface area (TPSA) is 122 Å². The number of hydrogen-bond acceptors (Lipinski definition) is 9. The molecule has 200 valence electrons. The molecule has 0 amide bonds. The fourth-order valence-corrected chi connectivity index (χ4v) is 5.73. The molecule has 2 aromatic carbocycles. The van der Waals surface area contributed by atoms with Crippen LogP contribution in [0.1, 0.15) is 48.6 Å². The van der Waals surface area contributed by atoms with Crippen LogP contribution in [0.15, 0.2) is 75.6 Å². The van der Waals surface area contributed by atoms with Crippen LogP contribution in [-0.4, -0.2) is 44.7 Å². The maximum Gasteiger partial charge on any atom is 0.355 e. The molecule has 0 saturated carbocycles. The van der Waals surface area contributed by atoms with E-state index in [4.69, 9.17) is 19.6 Å². The molecule has 0 aliphatic carbocycles. The summed E-state index contributed by atoms with van der Waals surface area (Å²) in [5, 5.41) is 11.1. The molecule has 3 heterocycles. The number of fused-ring (bicyclic) bond motifs is 3. The largest absolute Gasteiger partial charge is 0.466 e. The van der Waals surface area contributed by atoms with Gasteiger partial charge in [-0.2, -0.15) is 5.26 Å². The van der Waals surface area contributed by atoms with Crippen molar-refractivity contribution in [3.8, 4) is 6.07 Å². The molecule has 1 aromatic heterocycles. The Balaban J connectivity index is 1.80. The first kappa shape index (κ1) is 26.1. The summed E-state index contributed by atoms with van der Waals surface area (Å²) in [5.74, 6) is -1.32. The summed E-state index contributed by atoms with van der Waals surface area (Å²) in [4.78, 5) is 30.3. The molecule has 2 aliphatic rings. The summed E-state index contributed by atoms with van der Waals surface area (Å²) in [5.41, 5.74) is 9.51. The number of ether oxygens (including phenoxy) is 2. The van der Waals surface area contributed by atoms with Gasteiger partial charge >= 0.3 is 11.9 Å².